The second-order valence-corrected chi connectivity index (χ2v) is 6.30. The number of hydrogen-bond donors (Lipinski definition) is 2. The van der Waals surface area contributed by atoms with Crippen LogP contribution in [0.3, 0.4) is 0 Å². The molecule has 6 nitrogen and oxygen atoms in total. The van der Waals surface area contributed by atoms with Crippen LogP contribution in [0.2, 0.25) is 0 Å². The molecule has 0 amide bonds. The standard InChI is InChI=1S/C21H29FN4O2/c1-23-21(25-15-16-9-10-19(27-3)20(13-16)28-4)24-11-6-12-26(2)18-8-5-7-17(22)14-18/h5,7-10,13-14H,6,11-12,15H2,1-4H3,(H2,23,24,25). The van der Waals surface area contributed by atoms with Crippen LogP contribution in [0, 0.1) is 5.82 Å². The molecule has 0 radical (unpaired) electrons. The van der Waals surface area contributed by atoms with Crippen LogP contribution in [0.1, 0.15) is 12.0 Å². The SMILES string of the molecule is CN=C(NCCCN(C)c1cccc(F)c1)NCc1ccc(OC)c(OC)c1. The van der Waals surface area contributed by atoms with E-state index in [1.54, 1.807) is 27.3 Å². The third-order valence-corrected chi connectivity index (χ3v) is 4.34. The van der Waals surface area contributed by atoms with E-state index >= 15 is 0 Å². The van der Waals surface area contributed by atoms with Gasteiger partial charge in [-0.1, -0.05) is 12.1 Å². The van der Waals surface area contributed by atoms with Crippen LogP contribution in [-0.4, -0.2) is 47.4 Å². The molecule has 2 N–H and O–H groups in total. The Balaban J connectivity index is 1.76. The summed E-state index contributed by atoms with van der Waals surface area (Å²) in [6.07, 6.45) is 0.893. The van der Waals surface area contributed by atoms with Crippen molar-refractivity contribution in [2.75, 3.05) is 46.3 Å². The van der Waals surface area contributed by atoms with Crippen molar-refractivity contribution in [3.8, 4) is 11.5 Å². The Morgan fingerprint density at radius 3 is 2.54 bits per heavy atom. The molecule has 7 heteroatoms. The first-order valence-corrected chi connectivity index (χ1v) is 9.19. The monoisotopic (exact) mass is 388 g/mol. The van der Waals surface area contributed by atoms with Gasteiger partial charge in [0, 0.05) is 39.4 Å². The quantitative estimate of drug-likeness (QED) is 0.393. The number of benzene rings is 2. The van der Waals surface area contributed by atoms with Gasteiger partial charge in [0.25, 0.3) is 0 Å². The Hall–Kier alpha value is -2.96. The Morgan fingerprint density at radius 2 is 1.86 bits per heavy atom. The molecule has 2 aromatic carbocycles. The highest BCUT2D eigenvalue weighted by molar-refractivity contribution is 5.79. The second kappa shape index (κ2) is 11.0. The van der Waals surface area contributed by atoms with Crippen LogP contribution >= 0.6 is 0 Å². The number of ether oxygens (including phenoxy) is 2. The Labute approximate surface area is 166 Å². The molecule has 0 aliphatic carbocycles. The lowest BCUT2D eigenvalue weighted by Crippen LogP contribution is -2.38. The second-order valence-electron chi connectivity index (χ2n) is 6.30. The van der Waals surface area contributed by atoms with Gasteiger partial charge in [-0.2, -0.15) is 0 Å². The van der Waals surface area contributed by atoms with Crippen LogP contribution in [0.25, 0.3) is 0 Å². The van der Waals surface area contributed by atoms with Gasteiger partial charge in [-0.3, -0.25) is 4.99 Å². The number of guanidine groups is 1. The van der Waals surface area contributed by atoms with Crippen molar-refractivity contribution >= 4 is 11.6 Å². The summed E-state index contributed by atoms with van der Waals surface area (Å²) in [4.78, 5) is 6.27. The Morgan fingerprint density at radius 1 is 1.07 bits per heavy atom. The van der Waals surface area contributed by atoms with Gasteiger partial charge in [0.05, 0.1) is 14.2 Å². The van der Waals surface area contributed by atoms with Gasteiger partial charge in [0.15, 0.2) is 17.5 Å². The number of nitrogens with zero attached hydrogens (tertiary/aromatic N) is 2. The molecule has 0 aromatic heterocycles. The van der Waals surface area contributed by atoms with Gasteiger partial charge in [0.1, 0.15) is 5.82 Å². The van der Waals surface area contributed by atoms with Gasteiger partial charge in [-0.05, 0) is 42.3 Å². The van der Waals surface area contributed by atoms with E-state index in [1.165, 1.54) is 12.1 Å². The molecule has 0 saturated heterocycles. The average Bonchev–Trinajstić information content (AvgIpc) is 2.72. The largest absolute Gasteiger partial charge is 0.493 e. The smallest absolute Gasteiger partial charge is 0.191 e. The van der Waals surface area contributed by atoms with Crippen molar-refractivity contribution in [1.29, 1.82) is 0 Å². The molecule has 0 aliphatic heterocycles. The van der Waals surface area contributed by atoms with Crippen LogP contribution in [0.5, 0.6) is 11.5 Å². The predicted molar refractivity (Wildman–Crippen MR) is 112 cm³/mol. The lowest BCUT2D eigenvalue weighted by atomic mass is 10.2. The number of methoxy groups -OCH3 is 2. The molecule has 0 atom stereocenters. The first kappa shape index (κ1) is 21.3. The van der Waals surface area contributed by atoms with Crippen LogP contribution in [-0.2, 0) is 6.54 Å². The van der Waals surface area contributed by atoms with E-state index in [0.717, 1.165) is 36.7 Å². The molecule has 0 aliphatic rings. The summed E-state index contributed by atoms with van der Waals surface area (Å²) in [5, 5.41) is 6.57. The molecule has 0 bridgehead atoms. The van der Waals surface area contributed by atoms with E-state index < -0.39 is 0 Å². The highest BCUT2D eigenvalue weighted by Gasteiger charge is 2.06. The first-order chi connectivity index (χ1) is 13.6. The summed E-state index contributed by atoms with van der Waals surface area (Å²) in [7, 11) is 6.94. The van der Waals surface area contributed by atoms with Gasteiger partial charge in [-0.25, -0.2) is 4.39 Å². The molecule has 0 spiro atoms. The third-order valence-electron chi connectivity index (χ3n) is 4.34. The van der Waals surface area contributed by atoms with Gasteiger partial charge < -0.3 is 25.0 Å². The lowest BCUT2D eigenvalue weighted by Gasteiger charge is -2.20. The first-order valence-electron chi connectivity index (χ1n) is 9.19. The molecular formula is C21H29FN4O2. The van der Waals surface area contributed by atoms with Gasteiger partial charge in [-0.15, -0.1) is 0 Å². The Bertz CT molecular complexity index is 783. The van der Waals surface area contributed by atoms with E-state index in [-0.39, 0.29) is 5.82 Å². The topological polar surface area (TPSA) is 58.1 Å². The highest BCUT2D eigenvalue weighted by atomic mass is 19.1. The zero-order valence-corrected chi connectivity index (χ0v) is 17.0. The zero-order chi connectivity index (χ0) is 20.4. The normalized spacial score (nSPS) is 11.1. The maximum Gasteiger partial charge on any atom is 0.191 e. The molecule has 0 saturated carbocycles. The van der Waals surface area contributed by atoms with Gasteiger partial charge in [0.2, 0.25) is 0 Å². The third kappa shape index (κ3) is 6.33. The molecule has 2 rings (SSSR count). The fourth-order valence-electron chi connectivity index (χ4n) is 2.76. The van der Waals surface area contributed by atoms with Crippen molar-refractivity contribution in [2.45, 2.75) is 13.0 Å². The summed E-state index contributed by atoms with van der Waals surface area (Å²) in [5.74, 6) is 1.91. The summed E-state index contributed by atoms with van der Waals surface area (Å²) < 4.78 is 23.9. The summed E-state index contributed by atoms with van der Waals surface area (Å²) in [5.41, 5.74) is 1.93. The summed E-state index contributed by atoms with van der Waals surface area (Å²) >= 11 is 0. The number of anilines is 1. The minimum atomic E-state index is -0.220. The number of aliphatic imine (C=N–C) groups is 1. The van der Waals surface area contributed by atoms with Crippen molar-refractivity contribution < 1.29 is 13.9 Å². The van der Waals surface area contributed by atoms with Crippen LogP contribution < -0.4 is 25.0 Å². The van der Waals surface area contributed by atoms with Gasteiger partial charge >= 0.3 is 0 Å². The van der Waals surface area contributed by atoms with E-state index in [9.17, 15) is 4.39 Å². The lowest BCUT2D eigenvalue weighted by molar-refractivity contribution is 0.354. The minimum Gasteiger partial charge on any atom is -0.493 e. The molecule has 28 heavy (non-hydrogen) atoms. The predicted octanol–water partition coefficient (Wildman–Crippen LogP) is 3.03. The van der Waals surface area contributed by atoms with E-state index in [0.29, 0.717) is 18.0 Å². The van der Waals surface area contributed by atoms with Crippen molar-refractivity contribution in [1.82, 2.24) is 10.6 Å². The molecule has 152 valence electrons. The minimum absolute atomic E-state index is 0.220. The number of halogens is 1. The van der Waals surface area contributed by atoms with E-state index in [2.05, 4.69) is 15.6 Å². The van der Waals surface area contributed by atoms with Crippen molar-refractivity contribution in [2.24, 2.45) is 4.99 Å². The molecule has 0 fully saturated rings. The molecular weight excluding hydrogens is 359 g/mol. The molecule has 0 heterocycles. The maximum atomic E-state index is 13.3. The van der Waals surface area contributed by atoms with Crippen LogP contribution in [0.4, 0.5) is 10.1 Å². The average molecular weight is 388 g/mol. The Kier molecular flexibility index (Phi) is 8.39. The van der Waals surface area contributed by atoms with E-state index in [4.69, 9.17) is 9.47 Å². The summed E-state index contributed by atoms with van der Waals surface area (Å²) in [6.45, 7) is 2.18. The fraction of sp³-hybridized carbons (Fsp3) is 0.381. The van der Waals surface area contributed by atoms with Crippen molar-refractivity contribution in [3.63, 3.8) is 0 Å². The fourth-order valence-corrected chi connectivity index (χ4v) is 2.76. The molecule has 2 aromatic rings. The summed E-state index contributed by atoms with van der Waals surface area (Å²) in [6, 6.07) is 12.4. The van der Waals surface area contributed by atoms with Crippen molar-refractivity contribution in [3.05, 3.63) is 53.8 Å². The van der Waals surface area contributed by atoms with Crippen LogP contribution in [0.15, 0.2) is 47.5 Å². The molecule has 0 unspecified atom stereocenters. The highest BCUT2D eigenvalue weighted by Crippen LogP contribution is 2.27. The number of nitrogens with one attached hydrogen (secondary N) is 2. The number of rotatable bonds is 9. The number of hydrogen-bond acceptors (Lipinski definition) is 4. The van der Waals surface area contributed by atoms with E-state index in [1.807, 2.05) is 36.2 Å². The zero-order valence-electron chi connectivity index (χ0n) is 17.0. The maximum absolute atomic E-state index is 13.3.